The van der Waals surface area contributed by atoms with Crippen molar-refractivity contribution in [2.45, 2.75) is 13.8 Å². The Kier molecular flexibility index (Phi) is 5.84. The predicted molar refractivity (Wildman–Crippen MR) is 87.1 cm³/mol. The second kappa shape index (κ2) is 7.86. The van der Waals surface area contributed by atoms with E-state index in [1.165, 1.54) is 5.57 Å². The van der Waals surface area contributed by atoms with Crippen LogP contribution in [0.2, 0.25) is 0 Å². The number of hydrogen-bond donors (Lipinski definition) is 1. The summed E-state index contributed by atoms with van der Waals surface area (Å²) in [5.41, 5.74) is 4.09. The molecule has 0 saturated carbocycles. The van der Waals surface area contributed by atoms with Gasteiger partial charge in [-0.3, -0.25) is 4.98 Å². The van der Waals surface area contributed by atoms with E-state index in [9.17, 15) is 0 Å². The molecule has 4 heteroatoms. The molecular formula is C17H23N3O. The van der Waals surface area contributed by atoms with E-state index >= 15 is 0 Å². The first kappa shape index (κ1) is 15.6. The van der Waals surface area contributed by atoms with Crippen molar-refractivity contribution in [3.63, 3.8) is 0 Å². The van der Waals surface area contributed by atoms with Crippen LogP contribution in [0, 0.1) is 5.92 Å². The van der Waals surface area contributed by atoms with Crippen molar-refractivity contribution in [2.75, 3.05) is 26.8 Å². The van der Waals surface area contributed by atoms with Gasteiger partial charge in [0.25, 0.3) is 0 Å². The van der Waals surface area contributed by atoms with Crippen molar-refractivity contribution in [2.24, 2.45) is 5.92 Å². The highest BCUT2D eigenvalue weighted by Crippen LogP contribution is 2.15. The van der Waals surface area contributed by atoms with Gasteiger partial charge in [-0.15, -0.1) is 0 Å². The zero-order valence-electron chi connectivity index (χ0n) is 13.0. The molecule has 112 valence electrons. The minimum absolute atomic E-state index is 0.466. The highest BCUT2D eigenvalue weighted by Gasteiger charge is 2.05. The summed E-state index contributed by atoms with van der Waals surface area (Å²) in [6.07, 6.45) is 3.96. The van der Waals surface area contributed by atoms with E-state index in [4.69, 9.17) is 4.74 Å². The highest BCUT2D eigenvalue weighted by atomic mass is 16.5. The SMILES string of the molecule is COCCNCC(=Cc1cnc2ccccc2n1)C(C)C. The van der Waals surface area contributed by atoms with Crippen molar-refractivity contribution < 1.29 is 4.74 Å². The van der Waals surface area contributed by atoms with E-state index < -0.39 is 0 Å². The summed E-state index contributed by atoms with van der Waals surface area (Å²) in [6.45, 7) is 6.80. The molecule has 0 aliphatic rings. The maximum absolute atomic E-state index is 5.05. The number of ether oxygens (including phenoxy) is 1. The van der Waals surface area contributed by atoms with Gasteiger partial charge in [-0.25, -0.2) is 4.98 Å². The lowest BCUT2D eigenvalue weighted by Crippen LogP contribution is -2.23. The number of aromatic nitrogens is 2. The van der Waals surface area contributed by atoms with Gasteiger partial charge in [0.15, 0.2) is 0 Å². The smallest absolute Gasteiger partial charge is 0.0894 e. The first-order valence-electron chi connectivity index (χ1n) is 7.32. The normalized spacial score (nSPS) is 12.3. The molecule has 0 amide bonds. The fraction of sp³-hybridized carbons (Fsp3) is 0.412. The molecule has 0 fully saturated rings. The summed E-state index contributed by atoms with van der Waals surface area (Å²) in [6, 6.07) is 7.93. The van der Waals surface area contributed by atoms with Crippen molar-refractivity contribution in [1.82, 2.24) is 15.3 Å². The Morgan fingerprint density at radius 1 is 1.29 bits per heavy atom. The van der Waals surface area contributed by atoms with Crippen LogP contribution in [-0.2, 0) is 4.74 Å². The molecule has 1 aromatic carbocycles. The fourth-order valence-corrected chi connectivity index (χ4v) is 2.06. The first-order valence-corrected chi connectivity index (χ1v) is 7.32. The Morgan fingerprint density at radius 3 is 2.76 bits per heavy atom. The van der Waals surface area contributed by atoms with Crippen LogP contribution in [0.1, 0.15) is 19.5 Å². The second-order valence-corrected chi connectivity index (χ2v) is 5.33. The quantitative estimate of drug-likeness (QED) is 0.795. The number of methoxy groups -OCH3 is 1. The number of benzene rings is 1. The summed E-state index contributed by atoms with van der Waals surface area (Å²) in [7, 11) is 1.71. The van der Waals surface area contributed by atoms with Crippen molar-refractivity contribution in [3.05, 3.63) is 41.7 Å². The van der Waals surface area contributed by atoms with Crippen LogP contribution in [0.4, 0.5) is 0 Å². The number of para-hydroxylation sites is 2. The molecule has 0 aliphatic heterocycles. The van der Waals surface area contributed by atoms with Gasteiger partial charge in [-0.05, 0) is 24.1 Å². The van der Waals surface area contributed by atoms with Crippen LogP contribution in [0.25, 0.3) is 17.1 Å². The van der Waals surface area contributed by atoms with Gasteiger partial charge >= 0.3 is 0 Å². The van der Waals surface area contributed by atoms with Crippen LogP contribution < -0.4 is 5.32 Å². The van der Waals surface area contributed by atoms with E-state index in [-0.39, 0.29) is 0 Å². The Bertz CT molecular complexity index is 608. The average molecular weight is 285 g/mol. The number of rotatable bonds is 7. The number of nitrogens with one attached hydrogen (secondary N) is 1. The molecule has 2 aromatic rings. The van der Waals surface area contributed by atoms with E-state index in [1.807, 2.05) is 30.5 Å². The Labute approximate surface area is 126 Å². The molecule has 0 bridgehead atoms. The van der Waals surface area contributed by atoms with E-state index in [0.29, 0.717) is 5.92 Å². The summed E-state index contributed by atoms with van der Waals surface area (Å²) >= 11 is 0. The zero-order chi connectivity index (χ0) is 15.1. The molecule has 2 rings (SSSR count). The molecule has 0 unspecified atom stereocenters. The maximum Gasteiger partial charge on any atom is 0.0894 e. The Balaban J connectivity index is 2.15. The second-order valence-electron chi connectivity index (χ2n) is 5.33. The minimum Gasteiger partial charge on any atom is -0.383 e. The maximum atomic E-state index is 5.05. The third-order valence-electron chi connectivity index (χ3n) is 3.35. The lowest BCUT2D eigenvalue weighted by Gasteiger charge is -2.12. The van der Waals surface area contributed by atoms with E-state index in [2.05, 4.69) is 35.2 Å². The largest absolute Gasteiger partial charge is 0.383 e. The van der Waals surface area contributed by atoms with Crippen LogP contribution in [0.3, 0.4) is 0 Å². The topological polar surface area (TPSA) is 47.0 Å². The molecule has 0 saturated heterocycles. The van der Waals surface area contributed by atoms with Gasteiger partial charge in [0, 0.05) is 20.2 Å². The summed E-state index contributed by atoms with van der Waals surface area (Å²) in [5.74, 6) is 0.466. The standard InChI is InChI=1S/C17H23N3O/c1-13(2)14(11-18-8-9-21-3)10-15-12-19-16-6-4-5-7-17(16)20-15/h4-7,10,12-13,18H,8-9,11H2,1-3H3. The summed E-state index contributed by atoms with van der Waals surface area (Å²) < 4.78 is 5.05. The van der Waals surface area contributed by atoms with Crippen LogP contribution in [0.15, 0.2) is 36.0 Å². The zero-order valence-corrected chi connectivity index (χ0v) is 13.0. The lowest BCUT2D eigenvalue weighted by molar-refractivity contribution is 0.200. The van der Waals surface area contributed by atoms with E-state index in [1.54, 1.807) is 7.11 Å². The molecule has 0 radical (unpaired) electrons. The van der Waals surface area contributed by atoms with Crippen LogP contribution >= 0.6 is 0 Å². The van der Waals surface area contributed by atoms with Crippen molar-refractivity contribution in [3.8, 4) is 0 Å². The van der Waals surface area contributed by atoms with Gasteiger partial charge in [0.2, 0.25) is 0 Å². The number of hydrogen-bond acceptors (Lipinski definition) is 4. The number of fused-ring (bicyclic) bond motifs is 1. The van der Waals surface area contributed by atoms with Gasteiger partial charge in [-0.1, -0.05) is 31.6 Å². The monoisotopic (exact) mass is 285 g/mol. The highest BCUT2D eigenvalue weighted by molar-refractivity contribution is 5.74. The molecule has 0 aliphatic carbocycles. The van der Waals surface area contributed by atoms with Gasteiger partial charge in [-0.2, -0.15) is 0 Å². The molecule has 4 nitrogen and oxygen atoms in total. The molecule has 0 spiro atoms. The molecular weight excluding hydrogens is 262 g/mol. The molecule has 0 atom stereocenters. The molecule has 21 heavy (non-hydrogen) atoms. The molecule has 1 heterocycles. The third kappa shape index (κ3) is 4.62. The Morgan fingerprint density at radius 2 is 2.05 bits per heavy atom. The predicted octanol–water partition coefficient (Wildman–Crippen LogP) is 2.91. The average Bonchev–Trinajstić information content (AvgIpc) is 2.50. The van der Waals surface area contributed by atoms with Gasteiger partial charge in [0.1, 0.15) is 0 Å². The van der Waals surface area contributed by atoms with Crippen molar-refractivity contribution >= 4 is 17.1 Å². The molecule has 1 aromatic heterocycles. The summed E-state index contributed by atoms with van der Waals surface area (Å²) in [5, 5.41) is 3.38. The van der Waals surface area contributed by atoms with Gasteiger partial charge < -0.3 is 10.1 Å². The van der Waals surface area contributed by atoms with Crippen LogP contribution in [0.5, 0.6) is 0 Å². The number of nitrogens with zero attached hydrogens (tertiary/aromatic N) is 2. The Hall–Kier alpha value is -1.78. The third-order valence-corrected chi connectivity index (χ3v) is 3.35. The fourth-order valence-electron chi connectivity index (χ4n) is 2.06. The molecule has 1 N–H and O–H groups in total. The van der Waals surface area contributed by atoms with Crippen molar-refractivity contribution in [1.29, 1.82) is 0 Å². The minimum atomic E-state index is 0.466. The first-order chi connectivity index (χ1) is 10.2. The van der Waals surface area contributed by atoms with E-state index in [0.717, 1.165) is 36.4 Å². The lowest BCUT2D eigenvalue weighted by atomic mass is 10.0. The van der Waals surface area contributed by atoms with Gasteiger partial charge in [0.05, 0.1) is 29.5 Å². The van der Waals surface area contributed by atoms with Crippen LogP contribution in [-0.4, -0.2) is 36.8 Å². The summed E-state index contributed by atoms with van der Waals surface area (Å²) in [4.78, 5) is 9.11.